The van der Waals surface area contributed by atoms with Crippen LogP contribution in [0.5, 0.6) is 0 Å². The maximum Gasteiger partial charge on any atom is 0.410 e. The molecule has 5 nitrogen and oxygen atoms in total. The van der Waals surface area contributed by atoms with Gasteiger partial charge in [0, 0.05) is 19.3 Å². The van der Waals surface area contributed by atoms with E-state index in [-0.39, 0.29) is 12.0 Å². The van der Waals surface area contributed by atoms with Gasteiger partial charge in [0.05, 0.1) is 6.10 Å². The van der Waals surface area contributed by atoms with Crippen LogP contribution in [-0.2, 0) is 11.2 Å². The van der Waals surface area contributed by atoms with E-state index in [1.165, 1.54) is 0 Å². The molecule has 0 aliphatic carbocycles. The molecule has 2 rings (SSSR count). The molecule has 1 aromatic heterocycles. The highest BCUT2D eigenvalue weighted by atomic mass is 35.5. The Kier molecular flexibility index (Phi) is 6.10. The van der Waals surface area contributed by atoms with Crippen molar-refractivity contribution < 1.29 is 14.6 Å². The zero-order valence-electron chi connectivity index (χ0n) is 14.9. The molecule has 134 valence electrons. The van der Waals surface area contributed by atoms with Gasteiger partial charge in [-0.3, -0.25) is 0 Å². The van der Waals surface area contributed by atoms with Crippen molar-refractivity contribution in [2.75, 3.05) is 13.1 Å². The van der Waals surface area contributed by atoms with Crippen LogP contribution in [-0.4, -0.2) is 45.9 Å². The fourth-order valence-electron chi connectivity index (χ4n) is 2.94. The summed E-state index contributed by atoms with van der Waals surface area (Å²) in [5.41, 5.74) is 1.58. The molecule has 0 saturated carbocycles. The minimum absolute atomic E-state index is 0.176. The number of hydrogen-bond donors (Lipinski definition) is 1. The Bertz CT molecular complexity index is 578. The number of pyridine rings is 1. The lowest BCUT2D eigenvalue weighted by Crippen LogP contribution is -2.44. The van der Waals surface area contributed by atoms with Crippen LogP contribution in [0.15, 0.2) is 12.3 Å². The number of piperidine rings is 1. The summed E-state index contributed by atoms with van der Waals surface area (Å²) in [7, 11) is 0. The maximum absolute atomic E-state index is 12.1. The Labute approximate surface area is 149 Å². The lowest BCUT2D eigenvalue weighted by atomic mass is 9.87. The number of aromatic nitrogens is 1. The zero-order chi connectivity index (χ0) is 17.9. The van der Waals surface area contributed by atoms with E-state index in [0.29, 0.717) is 24.7 Å². The van der Waals surface area contributed by atoms with Crippen LogP contribution < -0.4 is 0 Å². The molecular weight excluding hydrogens is 328 g/mol. The molecule has 1 aliphatic rings. The van der Waals surface area contributed by atoms with Crippen molar-refractivity contribution in [2.24, 2.45) is 5.92 Å². The monoisotopic (exact) mass is 354 g/mol. The zero-order valence-corrected chi connectivity index (χ0v) is 15.6. The molecule has 1 amide bonds. The SMILES string of the molecule is Cc1cnc(Cl)cc1CC(O)C1CCN(C(=O)OC(C)(C)C)CC1. The lowest BCUT2D eigenvalue weighted by molar-refractivity contribution is 0.00799. The lowest BCUT2D eigenvalue weighted by Gasteiger charge is -2.35. The minimum Gasteiger partial charge on any atom is -0.444 e. The number of aryl methyl sites for hydroxylation is 1. The Morgan fingerprint density at radius 3 is 2.67 bits per heavy atom. The summed E-state index contributed by atoms with van der Waals surface area (Å²) in [6, 6.07) is 1.82. The third kappa shape index (κ3) is 5.35. The van der Waals surface area contributed by atoms with E-state index in [9.17, 15) is 9.90 Å². The molecule has 1 fully saturated rings. The fraction of sp³-hybridized carbons (Fsp3) is 0.667. The van der Waals surface area contributed by atoms with Crippen LogP contribution in [0, 0.1) is 12.8 Å². The average molecular weight is 355 g/mol. The molecule has 2 heterocycles. The Morgan fingerprint density at radius 1 is 1.46 bits per heavy atom. The summed E-state index contributed by atoms with van der Waals surface area (Å²) >= 11 is 5.94. The molecule has 0 aromatic carbocycles. The van der Waals surface area contributed by atoms with Crippen molar-refractivity contribution in [1.82, 2.24) is 9.88 Å². The highest BCUT2D eigenvalue weighted by Crippen LogP contribution is 2.25. The molecule has 24 heavy (non-hydrogen) atoms. The molecule has 0 bridgehead atoms. The average Bonchev–Trinajstić information content (AvgIpc) is 2.49. The number of aliphatic hydroxyl groups excluding tert-OH is 1. The molecule has 1 atom stereocenters. The van der Waals surface area contributed by atoms with E-state index in [4.69, 9.17) is 16.3 Å². The third-order valence-electron chi connectivity index (χ3n) is 4.35. The Hall–Kier alpha value is -1.33. The quantitative estimate of drug-likeness (QED) is 0.842. The van der Waals surface area contributed by atoms with Crippen LogP contribution in [0.1, 0.15) is 44.7 Å². The highest BCUT2D eigenvalue weighted by Gasteiger charge is 2.30. The normalized spacial score (nSPS) is 17.7. The van der Waals surface area contributed by atoms with E-state index in [2.05, 4.69) is 4.98 Å². The van der Waals surface area contributed by atoms with Gasteiger partial charge in [-0.15, -0.1) is 0 Å². The largest absolute Gasteiger partial charge is 0.444 e. The molecule has 1 aliphatic heterocycles. The first-order valence-electron chi connectivity index (χ1n) is 8.43. The molecule has 1 aromatic rings. The number of halogens is 1. The minimum atomic E-state index is -0.481. The van der Waals surface area contributed by atoms with E-state index in [0.717, 1.165) is 24.0 Å². The summed E-state index contributed by atoms with van der Waals surface area (Å²) in [4.78, 5) is 17.9. The second kappa shape index (κ2) is 7.70. The molecule has 1 saturated heterocycles. The summed E-state index contributed by atoms with van der Waals surface area (Å²) in [5.74, 6) is 0.176. The van der Waals surface area contributed by atoms with Crippen LogP contribution in [0.25, 0.3) is 0 Å². The number of carbonyl (C=O) groups is 1. The maximum atomic E-state index is 12.1. The van der Waals surface area contributed by atoms with Crippen LogP contribution in [0.4, 0.5) is 4.79 Å². The summed E-state index contributed by atoms with van der Waals surface area (Å²) < 4.78 is 5.40. The predicted octanol–water partition coefficient (Wildman–Crippen LogP) is 3.59. The standard InChI is InChI=1S/C18H27ClN2O3/c1-12-11-20-16(19)10-14(12)9-15(22)13-5-7-21(8-6-13)17(23)24-18(2,3)4/h10-11,13,15,22H,5-9H2,1-4H3. The summed E-state index contributed by atoms with van der Waals surface area (Å²) in [6.45, 7) is 8.80. The van der Waals surface area contributed by atoms with Gasteiger partial charge in [-0.1, -0.05) is 11.6 Å². The van der Waals surface area contributed by atoms with Gasteiger partial charge in [0.25, 0.3) is 0 Å². The van der Waals surface area contributed by atoms with Crippen molar-refractivity contribution in [3.63, 3.8) is 0 Å². The summed E-state index contributed by atoms with van der Waals surface area (Å²) in [6.07, 6.45) is 3.13. The molecule has 1 N–H and O–H groups in total. The van der Waals surface area contributed by atoms with Gasteiger partial charge < -0.3 is 14.7 Å². The van der Waals surface area contributed by atoms with Crippen LogP contribution in [0.3, 0.4) is 0 Å². The van der Waals surface area contributed by atoms with Gasteiger partial charge >= 0.3 is 6.09 Å². The van der Waals surface area contributed by atoms with Crippen molar-refractivity contribution in [3.05, 3.63) is 28.5 Å². The number of nitrogens with zero attached hydrogens (tertiary/aromatic N) is 2. The van der Waals surface area contributed by atoms with Crippen LogP contribution >= 0.6 is 11.6 Å². The number of aliphatic hydroxyl groups is 1. The van der Waals surface area contributed by atoms with Gasteiger partial charge in [0.2, 0.25) is 0 Å². The first kappa shape index (κ1) is 19.0. The Morgan fingerprint density at radius 2 is 2.08 bits per heavy atom. The molecule has 6 heteroatoms. The second-order valence-electron chi connectivity index (χ2n) is 7.51. The van der Waals surface area contributed by atoms with Crippen molar-refractivity contribution in [3.8, 4) is 0 Å². The first-order valence-corrected chi connectivity index (χ1v) is 8.80. The van der Waals surface area contributed by atoms with Crippen molar-refractivity contribution >= 4 is 17.7 Å². The van der Waals surface area contributed by atoms with Gasteiger partial charge in [-0.2, -0.15) is 0 Å². The third-order valence-corrected chi connectivity index (χ3v) is 4.55. The van der Waals surface area contributed by atoms with E-state index in [1.807, 2.05) is 33.8 Å². The summed E-state index contributed by atoms with van der Waals surface area (Å²) in [5, 5.41) is 11.0. The van der Waals surface area contributed by atoms with E-state index in [1.54, 1.807) is 11.1 Å². The van der Waals surface area contributed by atoms with Crippen LogP contribution in [0.2, 0.25) is 5.15 Å². The topological polar surface area (TPSA) is 62.7 Å². The van der Waals surface area contributed by atoms with E-state index >= 15 is 0 Å². The molecule has 0 spiro atoms. The smallest absolute Gasteiger partial charge is 0.410 e. The van der Waals surface area contributed by atoms with E-state index < -0.39 is 11.7 Å². The predicted molar refractivity (Wildman–Crippen MR) is 94.2 cm³/mol. The van der Waals surface area contributed by atoms with Gasteiger partial charge in [-0.25, -0.2) is 9.78 Å². The van der Waals surface area contributed by atoms with Crippen molar-refractivity contribution in [1.29, 1.82) is 0 Å². The number of ether oxygens (including phenoxy) is 1. The molecular formula is C18H27ClN2O3. The van der Waals surface area contributed by atoms with Gasteiger partial charge in [0.1, 0.15) is 10.8 Å². The van der Waals surface area contributed by atoms with Gasteiger partial charge in [0.15, 0.2) is 0 Å². The number of carbonyl (C=O) groups excluding carboxylic acids is 1. The number of amides is 1. The second-order valence-corrected chi connectivity index (χ2v) is 7.90. The molecule has 0 radical (unpaired) electrons. The molecule has 1 unspecified atom stereocenters. The van der Waals surface area contributed by atoms with Crippen molar-refractivity contribution in [2.45, 2.75) is 58.7 Å². The highest BCUT2D eigenvalue weighted by molar-refractivity contribution is 6.29. The fourth-order valence-corrected chi connectivity index (χ4v) is 3.12. The number of likely N-dealkylation sites (tertiary alicyclic amines) is 1. The first-order chi connectivity index (χ1) is 11.2. The Balaban J connectivity index is 1.87. The number of hydrogen-bond acceptors (Lipinski definition) is 4. The van der Waals surface area contributed by atoms with Gasteiger partial charge in [-0.05, 0) is 70.1 Å². The number of rotatable bonds is 3.